The van der Waals surface area contributed by atoms with E-state index in [0.717, 1.165) is 11.1 Å². The molecule has 1 aliphatic heterocycles. The molecule has 0 aromatic heterocycles. The minimum atomic E-state index is -0.461. The van der Waals surface area contributed by atoms with Gasteiger partial charge >= 0.3 is 0 Å². The number of carbonyl (C=O) groups is 3. The Morgan fingerprint density at radius 1 is 1.04 bits per heavy atom. The monoisotopic (exact) mass is 366 g/mol. The number of fused-ring (bicyclic) bond motifs is 1. The van der Waals surface area contributed by atoms with Crippen molar-refractivity contribution in [3.8, 4) is 5.75 Å². The molecular formula is C21H22N2O4. The summed E-state index contributed by atoms with van der Waals surface area (Å²) >= 11 is 0. The van der Waals surface area contributed by atoms with Crippen LogP contribution in [0.25, 0.3) is 0 Å². The van der Waals surface area contributed by atoms with Crippen molar-refractivity contribution >= 4 is 23.4 Å². The Morgan fingerprint density at radius 2 is 1.74 bits per heavy atom. The molecule has 3 rings (SSSR count). The van der Waals surface area contributed by atoms with Gasteiger partial charge in [-0.25, -0.2) is 0 Å². The maximum absolute atomic E-state index is 12.3. The Bertz CT molecular complexity index is 942. The molecule has 6 heteroatoms. The number of hydrogen-bond donors (Lipinski definition) is 2. The normalized spacial score (nSPS) is 13.2. The Hall–Kier alpha value is -3.15. The predicted molar refractivity (Wildman–Crippen MR) is 102 cm³/mol. The van der Waals surface area contributed by atoms with Crippen LogP contribution in [-0.2, 0) is 10.2 Å². The topological polar surface area (TPSA) is 84.5 Å². The number of rotatable bonds is 4. The van der Waals surface area contributed by atoms with Gasteiger partial charge in [0.2, 0.25) is 0 Å². The average molecular weight is 366 g/mol. The summed E-state index contributed by atoms with van der Waals surface area (Å²) in [5, 5.41) is 4.91. The Kier molecular flexibility index (Phi) is 4.74. The highest BCUT2D eigenvalue weighted by molar-refractivity contribution is 6.22. The summed E-state index contributed by atoms with van der Waals surface area (Å²) in [6, 6.07) is 10.5. The van der Waals surface area contributed by atoms with Crippen LogP contribution in [0.4, 0.5) is 5.69 Å². The number of nitrogens with one attached hydrogen (secondary N) is 2. The third-order valence-electron chi connectivity index (χ3n) is 4.32. The molecule has 1 aliphatic rings. The molecule has 0 unspecified atom stereocenters. The molecule has 0 saturated heterocycles. The second kappa shape index (κ2) is 6.87. The number of anilines is 1. The first-order valence-electron chi connectivity index (χ1n) is 8.68. The molecule has 6 nitrogen and oxygen atoms in total. The van der Waals surface area contributed by atoms with Gasteiger partial charge in [-0.15, -0.1) is 0 Å². The van der Waals surface area contributed by atoms with Crippen LogP contribution in [0.3, 0.4) is 0 Å². The maximum Gasteiger partial charge on any atom is 0.262 e. The van der Waals surface area contributed by atoms with Crippen molar-refractivity contribution < 1.29 is 19.1 Å². The minimum absolute atomic E-state index is 0.113. The molecule has 3 amide bonds. The van der Waals surface area contributed by atoms with Gasteiger partial charge in [0.1, 0.15) is 5.75 Å². The zero-order valence-corrected chi connectivity index (χ0v) is 15.8. The van der Waals surface area contributed by atoms with Gasteiger partial charge in [-0.2, -0.15) is 0 Å². The Morgan fingerprint density at radius 3 is 2.44 bits per heavy atom. The van der Waals surface area contributed by atoms with E-state index in [2.05, 4.69) is 37.5 Å². The van der Waals surface area contributed by atoms with E-state index in [1.54, 1.807) is 6.07 Å². The van der Waals surface area contributed by atoms with Crippen LogP contribution in [0.2, 0.25) is 0 Å². The number of imide groups is 1. The van der Waals surface area contributed by atoms with Crippen molar-refractivity contribution in [1.82, 2.24) is 5.32 Å². The zero-order valence-electron chi connectivity index (χ0n) is 15.8. The van der Waals surface area contributed by atoms with Gasteiger partial charge in [-0.3, -0.25) is 19.7 Å². The lowest BCUT2D eigenvalue weighted by atomic mass is 9.85. The first kappa shape index (κ1) is 18.6. The van der Waals surface area contributed by atoms with Gasteiger partial charge in [0.05, 0.1) is 11.1 Å². The van der Waals surface area contributed by atoms with Crippen LogP contribution in [0.5, 0.6) is 5.75 Å². The molecule has 2 N–H and O–H groups in total. The molecular weight excluding hydrogens is 344 g/mol. The van der Waals surface area contributed by atoms with Gasteiger partial charge in [0.15, 0.2) is 6.61 Å². The van der Waals surface area contributed by atoms with Crippen LogP contribution < -0.4 is 15.4 Å². The minimum Gasteiger partial charge on any atom is -0.483 e. The summed E-state index contributed by atoms with van der Waals surface area (Å²) in [4.78, 5) is 35.5. The molecule has 140 valence electrons. The lowest BCUT2D eigenvalue weighted by molar-refractivity contribution is -0.118. The zero-order chi connectivity index (χ0) is 19.8. The van der Waals surface area contributed by atoms with Gasteiger partial charge < -0.3 is 10.1 Å². The predicted octanol–water partition coefficient (Wildman–Crippen LogP) is 3.19. The van der Waals surface area contributed by atoms with Gasteiger partial charge in [-0.1, -0.05) is 38.5 Å². The van der Waals surface area contributed by atoms with Crippen molar-refractivity contribution in [2.24, 2.45) is 0 Å². The van der Waals surface area contributed by atoms with E-state index in [-0.39, 0.29) is 23.5 Å². The van der Waals surface area contributed by atoms with E-state index in [1.165, 1.54) is 12.1 Å². The Labute approximate surface area is 157 Å². The highest BCUT2D eigenvalue weighted by atomic mass is 16.5. The second-order valence-corrected chi connectivity index (χ2v) is 7.63. The van der Waals surface area contributed by atoms with E-state index in [9.17, 15) is 14.4 Å². The van der Waals surface area contributed by atoms with E-state index in [4.69, 9.17) is 4.74 Å². The van der Waals surface area contributed by atoms with Crippen molar-refractivity contribution in [3.05, 3.63) is 58.7 Å². The largest absolute Gasteiger partial charge is 0.483 e. The molecule has 0 aliphatic carbocycles. The lowest BCUT2D eigenvalue weighted by Crippen LogP contribution is -2.22. The standard InChI is InChI=1S/C21H22N2O4/c1-12-5-8-17(16(9-12)21(2,3)4)27-11-18(24)22-13-6-7-14-15(10-13)20(26)23-19(14)25/h5-10H,11H2,1-4H3,(H,22,24)(H,23,25,26). The van der Waals surface area contributed by atoms with Crippen molar-refractivity contribution in [2.45, 2.75) is 33.1 Å². The number of ether oxygens (including phenoxy) is 1. The molecule has 0 fully saturated rings. The van der Waals surface area contributed by atoms with E-state index in [0.29, 0.717) is 17.0 Å². The molecule has 0 spiro atoms. The fraction of sp³-hybridized carbons (Fsp3) is 0.286. The highest BCUT2D eigenvalue weighted by Gasteiger charge is 2.27. The van der Waals surface area contributed by atoms with Gasteiger partial charge in [0, 0.05) is 5.69 Å². The number of amides is 3. The summed E-state index contributed by atoms with van der Waals surface area (Å²) in [5.74, 6) is -0.565. The molecule has 2 aromatic carbocycles. The lowest BCUT2D eigenvalue weighted by Gasteiger charge is -2.23. The SMILES string of the molecule is Cc1ccc(OCC(=O)Nc2ccc3c(c2)C(=O)NC3=O)c(C(C)(C)C)c1. The van der Waals surface area contributed by atoms with E-state index in [1.807, 2.05) is 19.1 Å². The molecule has 27 heavy (non-hydrogen) atoms. The summed E-state index contributed by atoms with van der Waals surface area (Å²) in [5.41, 5.74) is 3.05. The maximum atomic E-state index is 12.3. The third-order valence-corrected chi connectivity index (χ3v) is 4.32. The van der Waals surface area contributed by atoms with Crippen LogP contribution >= 0.6 is 0 Å². The summed E-state index contributed by atoms with van der Waals surface area (Å²) in [6.45, 7) is 8.12. The average Bonchev–Trinajstić information content (AvgIpc) is 2.87. The molecule has 0 bridgehead atoms. The fourth-order valence-electron chi connectivity index (χ4n) is 2.94. The second-order valence-electron chi connectivity index (χ2n) is 7.63. The first-order chi connectivity index (χ1) is 12.6. The first-order valence-corrected chi connectivity index (χ1v) is 8.68. The summed E-state index contributed by atoms with van der Waals surface area (Å²) < 4.78 is 5.74. The Balaban J connectivity index is 1.69. The van der Waals surface area contributed by atoms with Crippen molar-refractivity contribution in [2.75, 3.05) is 11.9 Å². The number of benzene rings is 2. The molecule has 0 radical (unpaired) electrons. The van der Waals surface area contributed by atoms with Gasteiger partial charge in [-0.05, 0) is 42.2 Å². The molecule has 2 aromatic rings. The number of aryl methyl sites for hydroxylation is 1. The number of carbonyl (C=O) groups excluding carboxylic acids is 3. The molecule has 1 heterocycles. The third kappa shape index (κ3) is 4.00. The van der Waals surface area contributed by atoms with E-state index < -0.39 is 11.8 Å². The summed E-state index contributed by atoms with van der Waals surface area (Å²) in [7, 11) is 0. The van der Waals surface area contributed by atoms with Gasteiger partial charge in [0.25, 0.3) is 17.7 Å². The fourth-order valence-corrected chi connectivity index (χ4v) is 2.94. The quantitative estimate of drug-likeness (QED) is 0.814. The molecule has 0 saturated carbocycles. The van der Waals surface area contributed by atoms with Crippen molar-refractivity contribution in [1.29, 1.82) is 0 Å². The number of hydrogen-bond acceptors (Lipinski definition) is 4. The van der Waals surface area contributed by atoms with Crippen LogP contribution in [0.1, 0.15) is 52.6 Å². The smallest absolute Gasteiger partial charge is 0.262 e. The summed E-state index contributed by atoms with van der Waals surface area (Å²) in [6.07, 6.45) is 0. The van der Waals surface area contributed by atoms with Crippen LogP contribution in [0, 0.1) is 6.92 Å². The molecule has 0 atom stereocenters. The van der Waals surface area contributed by atoms with Crippen LogP contribution in [-0.4, -0.2) is 24.3 Å². The van der Waals surface area contributed by atoms with Crippen LogP contribution in [0.15, 0.2) is 36.4 Å². The highest BCUT2D eigenvalue weighted by Crippen LogP contribution is 2.32. The van der Waals surface area contributed by atoms with Crippen molar-refractivity contribution in [3.63, 3.8) is 0 Å². The van der Waals surface area contributed by atoms with E-state index >= 15 is 0 Å².